The van der Waals surface area contributed by atoms with Crippen LogP contribution in [0.25, 0.3) is 0 Å². The molecule has 1 unspecified atom stereocenters. The molecule has 0 saturated heterocycles. The fourth-order valence-corrected chi connectivity index (χ4v) is 3.95. The number of halogens is 1. The lowest BCUT2D eigenvalue weighted by Crippen LogP contribution is -2.14. The highest BCUT2D eigenvalue weighted by Crippen LogP contribution is 2.34. The molecule has 0 amide bonds. The molecule has 0 N–H and O–H groups in total. The van der Waals surface area contributed by atoms with E-state index in [9.17, 15) is 0 Å². The summed E-state index contributed by atoms with van der Waals surface area (Å²) in [4.78, 5) is 5.76. The number of aromatic nitrogens is 1. The minimum Gasteiger partial charge on any atom is -0.250 e. The van der Waals surface area contributed by atoms with E-state index in [1.54, 1.807) is 11.3 Å². The van der Waals surface area contributed by atoms with E-state index in [4.69, 9.17) is 11.6 Å². The molecule has 1 saturated carbocycles. The van der Waals surface area contributed by atoms with Crippen molar-refractivity contribution in [2.45, 2.75) is 45.4 Å². The number of thiazole rings is 1. The molecule has 1 aromatic heterocycles. The van der Waals surface area contributed by atoms with Gasteiger partial charge < -0.3 is 0 Å². The normalized spacial score (nSPS) is 19.1. The number of nitrogens with zero attached hydrogens (tertiary/aromatic N) is 1. The molecule has 1 aliphatic carbocycles. The molecule has 0 aromatic carbocycles. The average molecular weight is 258 g/mol. The molecule has 3 heteroatoms. The maximum atomic E-state index is 6.12. The van der Waals surface area contributed by atoms with E-state index in [0.717, 1.165) is 17.7 Å². The summed E-state index contributed by atoms with van der Waals surface area (Å²) < 4.78 is 0. The third-order valence-corrected chi connectivity index (χ3v) is 5.24. The summed E-state index contributed by atoms with van der Waals surface area (Å²) in [6, 6.07) is 0. The van der Waals surface area contributed by atoms with E-state index in [1.165, 1.54) is 49.1 Å². The second-order valence-corrected chi connectivity index (χ2v) is 6.11. The molecule has 1 aromatic rings. The Balaban J connectivity index is 1.85. The molecule has 0 aliphatic heterocycles. The summed E-state index contributed by atoms with van der Waals surface area (Å²) in [6.07, 6.45) is 8.05. The standard InChI is InChI=1S/C13H20ClNS/c1-10-13(16-9-15-10)7-6-12(8-14)11-4-2-3-5-11/h9,11-12H,2-8H2,1H3. The zero-order valence-electron chi connectivity index (χ0n) is 9.92. The van der Waals surface area contributed by atoms with E-state index in [2.05, 4.69) is 11.9 Å². The van der Waals surface area contributed by atoms with Gasteiger partial charge in [0.2, 0.25) is 0 Å². The van der Waals surface area contributed by atoms with Crippen LogP contribution < -0.4 is 0 Å². The van der Waals surface area contributed by atoms with Crippen LogP contribution in [0.2, 0.25) is 0 Å². The molecule has 1 nitrogen and oxygen atoms in total. The van der Waals surface area contributed by atoms with Gasteiger partial charge >= 0.3 is 0 Å². The first-order valence-electron chi connectivity index (χ1n) is 6.26. The molecule has 1 aliphatic rings. The first kappa shape index (κ1) is 12.4. The van der Waals surface area contributed by atoms with Gasteiger partial charge in [0.15, 0.2) is 0 Å². The van der Waals surface area contributed by atoms with Crippen molar-refractivity contribution in [2.75, 3.05) is 5.88 Å². The Kier molecular flexibility index (Phi) is 4.66. The molecule has 0 radical (unpaired) electrons. The minimum absolute atomic E-state index is 0.727. The second-order valence-electron chi connectivity index (χ2n) is 4.86. The van der Waals surface area contributed by atoms with Crippen molar-refractivity contribution >= 4 is 22.9 Å². The third-order valence-electron chi connectivity index (χ3n) is 3.85. The lowest BCUT2D eigenvalue weighted by atomic mass is 9.88. The fourth-order valence-electron chi connectivity index (χ4n) is 2.75. The summed E-state index contributed by atoms with van der Waals surface area (Å²) in [5.74, 6) is 2.46. The molecule has 1 fully saturated rings. The molecular formula is C13H20ClNS. The van der Waals surface area contributed by atoms with Gasteiger partial charge in [-0.05, 0) is 31.6 Å². The van der Waals surface area contributed by atoms with Gasteiger partial charge in [-0.15, -0.1) is 22.9 Å². The average Bonchev–Trinajstić information content (AvgIpc) is 2.92. The van der Waals surface area contributed by atoms with Crippen LogP contribution in [0.5, 0.6) is 0 Å². The maximum absolute atomic E-state index is 6.12. The third kappa shape index (κ3) is 2.98. The van der Waals surface area contributed by atoms with Crippen LogP contribution in [0.1, 0.15) is 42.7 Å². The molecule has 2 rings (SSSR count). The van der Waals surface area contributed by atoms with Gasteiger partial charge in [-0.25, -0.2) is 4.98 Å². The fraction of sp³-hybridized carbons (Fsp3) is 0.769. The van der Waals surface area contributed by atoms with Crippen LogP contribution in [-0.2, 0) is 6.42 Å². The SMILES string of the molecule is Cc1ncsc1CCC(CCl)C1CCCC1. The Morgan fingerprint density at radius 2 is 2.25 bits per heavy atom. The van der Waals surface area contributed by atoms with Crippen molar-refractivity contribution in [1.82, 2.24) is 4.98 Å². The Bertz CT molecular complexity index is 317. The van der Waals surface area contributed by atoms with Crippen molar-refractivity contribution in [3.05, 3.63) is 16.1 Å². The zero-order valence-corrected chi connectivity index (χ0v) is 11.5. The summed E-state index contributed by atoms with van der Waals surface area (Å²) in [7, 11) is 0. The van der Waals surface area contributed by atoms with Crippen molar-refractivity contribution in [1.29, 1.82) is 0 Å². The predicted molar refractivity (Wildman–Crippen MR) is 71.3 cm³/mol. The van der Waals surface area contributed by atoms with Crippen LogP contribution >= 0.6 is 22.9 Å². The van der Waals surface area contributed by atoms with Gasteiger partial charge in [0, 0.05) is 10.8 Å². The quantitative estimate of drug-likeness (QED) is 0.711. The van der Waals surface area contributed by atoms with E-state index in [0.29, 0.717) is 0 Å². The van der Waals surface area contributed by atoms with E-state index in [-0.39, 0.29) is 0 Å². The zero-order chi connectivity index (χ0) is 11.4. The lowest BCUT2D eigenvalue weighted by Gasteiger charge is -2.20. The van der Waals surface area contributed by atoms with Gasteiger partial charge in [-0.3, -0.25) is 0 Å². The highest BCUT2D eigenvalue weighted by Gasteiger charge is 2.24. The van der Waals surface area contributed by atoms with Crippen LogP contribution in [0.3, 0.4) is 0 Å². The number of alkyl halides is 1. The van der Waals surface area contributed by atoms with Crippen molar-refractivity contribution < 1.29 is 0 Å². The van der Waals surface area contributed by atoms with E-state index >= 15 is 0 Å². The number of hydrogen-bond donors (Lipinski definition) is 0. The second kappa shape index (κ2) is 6.02. The Morgan fingerprint density at radius 1 is 1.50 bits per heavy atom. The van der Waals surface area contributed by atoms with Gasteiger partial charge in [-0.1, -0.05) is 25.7 Å². The summed E-state index contributed by atoms with van der Waals surface area (Å²) in [6.45, 7) is 2.11. The lowest BCUT2D eigenvalue weighted by molar-refractivity contribution is 0.350. The molecule has 90 valence electrons. The number of hydrogen-bond acceptors (Lipinski definition) is 2. The molecule has 1 atom stereocenters. The van der Waals surface area contributed by atoms with Gasteiger partial charge in [0.25, 0.3) is 0 Å². The molecule has 0 bridgehead atoms. The highest BCUT2D eigenvalue weighted by molar-refractivity contribution is 7.09. The molecule has 1 heterocycles. The van der Waals surface area contributed by atoms with Crippen molar-refractivity contribution in [2.24, 2.45) is 11.8 Å². The van der Waals surface area contributed by atoms with Crippen LogP contribution in [-0.4, -0.2) is 10.9 Å². The molecule has 0 spiro atoms. The minimum atomic E-state index is 0.727. The first-order valence-corrected chi connectivity index (χ1v) is 7.67. The topological polar surface area (TPSA) is 12.9 Å². The summed E-state index contributed by atoms with van der Waals surface area (Å²) in [5, 5.41) is 0. The highest BCUT2D eigenvalue weighted by atomic mass is 35.5. The van der Waals surface area contributed by atoms with Gasteiger partial charge in [-0.2, -0.15) is 0 Å². The summed E-state index contributed by atoms with van der Waals surface area (Å²) in [5.41, 5.74) is 3.17. The summed E-state index contributed by atoms with van der Waals surface area (Å²) >= 11 is 7.91. The number of aryl methyl sites for hydroxylation is 2. The number of rotatable bonds is 5. The van der Waals surface area contributed by atoms with Gasteiger partial charge in [0.1, 0.15) is 0 Å². The van der Waals surface area contributed by atoms with Crippen LogP contribution in [0, 0.1) is 18.8 Å². The van der Waals surface area contributed by atoms with E-state index < -0.39 is 0 Å². The Hall–Kier alpha value is -0.0800. The molecular weight excluding hydrogens is 238 g/mol. The monoisotopic (exact) mass is 257 g/mol. The van der Waals surface area contributed by atoms with Crippen LogP contribution in [0.15, 0.2) is 5.51 Å². The van der Waals surface area contributed by atoms with Crippen LogP contribution in [0.4, 0.5) is 0 Å². The smallest absolute Gasteiger partial charge is 0.0797 e. The Labute approximate surface area is 107 Å². The first-order chi connectivity index (χ1) is 7.81. The van der Waals surface area contributed by atoms with E-state index in [1.807, 2.05) is 5.51 Å². The molecule has 16 heavy (non-hydrogen) atoms. The van der Waals surface area contributed by atoms with Crippen molar-refractivity contribution in [3.8, 4) is 0 Å². The maximum Gasteiger partial charge on any atom is 0.0797 e. The predicted octanol–water partition coefficient (Wildman–Crippen LogP) is 4.43. The largest absolute Gasteiger partial charge is 0.250 e. The Morgan fingerprint density at radius 3 is 2.81 bits per heavy atom. The van der Waals surface area contributed by atoms with Crippen molar-refractivity contribution in [3.63, 3.8) is 0 Å². The van der Waals surface area contributed by atoms with Gasteiger partial charge in [0.05, 0.1) is 11.2 Å².